The van der Waals surface area contributed by atoms with Crippen molar-refractivity contribution in [2.24, 2.45) is 0 Å². The minimum Gasteiger partial charge on any atom is -0.493 e. The van der Waals surface area contributed by atoms with E-state index >= 15 is 0 Å². The zero-order valence-corrected chi connectivity index (χ0v) is 16.1. The number of anilines is 1. The largest absolute Gasteiger partial charge is 0.493 e. The lowest BCUT2D eigenvalue weighted by Crippen LogP contribution is -2.33. The molecule has 1 heterocycles. The normalized spacial score (nSPS) is 10.6. The van der Waals surface area contributed by atoms with Gasteiger partial charge in [0.15, 0.2) is 0 Å². The van der Waals surface area contributed by atoms with Crippen LogP contribution in [0, 0.1) is 0 Å². The summed E-state index contributed by atoms with van der Waals surface area (Å²) >= 11 is 1.37. The first-order valence-electron chi connectivity index (χ1n) is 8.72. The van der Waals surface area contributed by atoms with E-state index in [4.69, 9.17) is 4.74 Å². The Balaban J connectivity index is 1.90. The quantitative estimate of drug-likeness (QED) is 0.701. The highest BCUT2D eigenvalue weighted by molar-refractivity contribution is 7.15. The summed E-state index contributed by atoms with van der Waals surface area (Å²) in [5.74, 6) is 0.137. The number of aromatic nitrogens is 2. The smallest absolute Gasteiger partial charge is 0.255 e. The summed E-state index contributed by atoms with van der Waals surface area (Å²) in [5.41, 5.74) is 0.397. The zero-order chi connectivity index (χ0) is 18.9. The van der Waals surface area contributed by atoms with Gasteiger partial charge in [-0.2, -0.15) is 0 Å². The predicted octanol–water partition coefficient (Wildman–Crippen LogP) is 3.21. The molecule has 0 saturated heterocycles. The molecule has 0 fully saturated rings. The topological polar surface area (TPSA) is 93.2 Å². The van der Waals surface area contributed by atoms with Crippen molar-refractivity contribution in [3.63, 3.8) is 0 Å². The molecule has 1 aromatic carbocycles. The fourth-order valence-electron chi connectivity index (χ4n) is 2.44. The zero-order valence-electron chi connectivity index (χ0n) is 15.2. The third-order valence-electron chi connectivity index (χ3n) is 3.86. The van der Waals surface area contributed by atoms with Crippen molar-refractivity contribution < 1.29 is 14.3 Å². The second-order valence-electron chi connectivity index (χ2n) is 5.62. The molecule has 0 unspecified atom stereocenters. The Morgan fingerprint density at radius 2 is 1.88 bits per heavy atom. The summed E-state index contributed by atoms with van der Waals surface area (Å²) in [6.07, 6.45) is 1.96. The van der Waals surface area contributed by atoms with Crippen LogP contribution in [0.3, 0.4) is 0 Å². The van der Waals surface area contributed by atoms with Crippen LogP contribution in [-0.4, -0.2) is 35.2 Å². The van der Waals surface area contributed by atoms with Gasteiger partial charge in [-0.05, 0) is 31.9 Å². The van der Waals surface area contributed by atoms with E-state index in [2.05, 4.69) is 34.7 Å². The Hall–Kier alpha value is -2.48. The van der Waals surface area contributed by atoms with Crippen LogP contribution < -0.4 is 15.4 Å². The molecule has 0 radical (unpaired) electrons. The van der Waals surface area contributed by atoms with Gasteiger partial charge in [-0.1, -0.05) is 37.3 Å². The Morgan fingerprint density at radius 3 is 2.58 bits per heavy atom. The van der Waals surface area contributed by atoms with Gasteiger partial charge in [0.05, 0.1) is 18.7 Å². The average molecular weight is 376 g/mol. The van der Waals surface area contributed by atoms with E-state index in [9.17, 15) is 9.59 Å². The molecule has 2 N–H and O–H groups in total. The van der Waals surface area contributed by atoms with Gasteiger partial charge in [0.25, 0.3) is 5.91 Å². The molecule has 0 aliphatic heterocycles. The molecule has 7 nitrogen and oxygen atoms in total. The molecular formula is C18H24N4O3S. The monoisotopic (exact) mass is 376 g/mol. The maximum absolute atomic E-state index is 12.3. The van der Waals surface area contributed by atoms with E-state index in [1.165, 1.54) is 11.3 Å². The first-order chi connectivity index (χ1) is 12.6. The summed E-state index contributed by atoms with van der Waals surface area (Å²) in [7, 11) is 0. The molecule has 8 heteroatoms. The van der Waals surface area contributed by atoms with Gasteiger partial charge in [-0.15, -0.1) is 10.2 Å². The molecule has 0 aliphatic rings. The summed E-state index contributed by atoms with van der Waals surface area (Å²) in [6.45, 7) is 6.35. The van der Waals surface area contributed by atoms with Crippen LogP contribution in [0.1, 0.15) is 54.9 Å². The summed E-state index contributed by atoms with van der Waals surface area (Å²) in [5, 5.41) is 14.8. The predicted molar refractivity (Wildman–Crippen MR) is 102 cm³/mol. The lowest BCUT2D eigenvalue weighted by Gasteiger charge is -2.10. The van der Waals surface area contributed by atoms with Crippen LogP contribution in [0.15, 0.2) is 24.3 Å². The molecule has 2 amide bonds. The van der Waals surface area contributed by atoms with E-state index in [0.29, 0.717) is 29.0 Å². The fourth-order valence-corrected chi connectivity index (χ4v) is 3.47. The molecule has 0 bridgehead atoms. The number of ether oxygens (including phenoxy) is 1. The molecule has 2 aromatic rings. The van der Waals surface area contributed by atoms with Gasteiger partial charge < -0.3 is 10.1 Å². The van der Waals surface area contributed by atoms with Crippen molar-refractivity contribution in [3.8, 4) is 5.75 Å². The van der Waals surface area contributed by atoms with Gasteiger partial charge in [-0.25, -0.2) is 0 Å². The second-order valence-corrected chi connectivity index (χ2v) is 6.63. The molecule has 2 rings (SSSR count). The Kier molecular flexibility index (Phi) is 7.53. The van der Waals surface area contributed by atoms with Gasteiger partial charge in [0.2, 0.25) is 11.0 Å². The van der Waals surface area contributed by atoms with Crippen molar-refractivity contribution in [1.29, 1.82) is 0 Å². The molecule has 0 spiro atoms. The van der Waals surface area contributed by atoms with Crippen molar-refractivity contribution in [2.75, 3.05) is 18.5 Å². The number of nitrogens with zero attached hydrogens (tertiary/aromatic N) is 2. The van der Waals surface area contributed by atoms with Gasteiger partial charge in [0.1, 0.15) is 10.8 Å². The van der Waals surface area contributed by atoms with Crippen LogP contribution >= 0.6 is 11.3 Å². The fraction of sp³-hybridized carbons (Fsp3) is 0.444. The first-order valence-corrected chi connectivity index (χ1v) is 9.53. The third kappa shape index (κ3) is 5.26. The lowest BCUT2D eigenvalue weighted by molar-refractivity contribution is -0.115. The van der Waals surface area contributed by atoms with Crippen molar-refractivity contribution in [3.05, 3.63) is 34.8 Å². The molecule has 0 aliphatic carbocycles. The second kappa shape index (κ2) is 9.86. The van der Waals surface area contributed by atoms with Gasteiger partial charge >= 0.3 is 0 Å². The maximum Gasteiger partial charge on any atom is 0.255 e. The summed E-state index contributed by atoms with van der Waals surface area (Å²) in [6, 6.07) is 6.92. The van der Waals surface area contributed by atoms with Crippen LogP contribution in [0.4, 0.5) is 5.13 Å². The summed E-state index contributed by atoms with van der Waals surface area (Å²) < 4.78 is 5.43. The maximum atomic E-state index is 12.3. The lowest BCUT2D eigenvalue weighted by atomic mass is 10.1. The molecule has 140 valence electrons. The molecule has 26 heavy (non-hydrogen) atoms. The number of rotatable bonds is 9. The molecule has 1 aromatic heterocycles. The first kappa shape index (κ1) is 19.8. The van der Waals surface area contributed by atoms with Crippen LogP contribution in [0.25, 0.3) is 0 Å². The Morgan fingerprint density at radius 1 is 1.15 bits per heavy atom. The third-order valence-corrected chi connectivity index (χ3v) is 4.86. The van der Waals surface area contributed by atoms with E-state index < -0.39 is 0 Å². The summed E-state index contributed by atoms with van der Waals surface area (Å²) in [4.78, 5) is 24.3. The molecule has 0 saturated carbocycles. The minimum atomic E-state index is -0.362. The number of nitrogens with one attached hydrogen (secondary N) is 2. The Labute approximate surface area is 157 Å². The standard InChI is InChI=1S/C18H24N4O3S/c1-4-12(5-2)17-21-22-18(26-17)20-15(23)11-19-16(24)13-9-7-8-10-14(13)25-6-3/h7-10,12H,4-6,11H2,1-3H3,(H,19,24)(H,20,22,23). The highest BCUT2D eigenvalue weighted by atomic mass is 32.1. The SMILES string of the molecule is CCOc1ccccc1C(=O)NCC(=O)Nc1nnc(C(CC)CC)s1. The molecule has 0 atom stereocenters. The Bertz CT molecular complexity index is 744. The number of hydrogen-bond acceptors (Lipinski definition) is 6. The highest BCUT2D eigenvalue weighted by Crippen LogP contribution is 2.27. The number of para-hydroxylation sites is 1. The van der Waals surface area contributed by atoms with Crippen LogP contribution in [-0.2, 0) is 4.79 Å². The van der Waals surface area contributed by atoms with E-state index in [1.807, 2.05) is 6.92 Å². The van der Waals surface area contributed by atoms with Crippen LogP contribution in [0.2, 0.25) is 0 Å². The highest BCUT2D eigenvalue weighted by Gasteiger charge is 2.16. The number of carbonyl (C=O) groups is 2. The number of hydrogen-bond donors (Lipinski definition) is 2. The average Bonchev–Trinajstić information content (AvgIpc) is 3.09. The van der Waals surface area contributed by atoms with Gasteiger partial charge in [0, 0.05) is 5.92 Å². The van der Waals surface area contributed by atoms with Crippen molar-refractivity contribution in [1.82, 2.24) is 15.5 Å². The minimum absolute atomic E-state index is 0.154. The van der Waals surface area contributed by atoms with Crippen molar-refractivity contribution >= 4 is 28.3 Å². The van der Waals surface area contributed by atoms with E-state index in [-0.39, 0.29) is 18.4 Å². The van der Waals surface area contributed by atoms with E-state index in [1.54, 1.807) is 24.3 Å². The van der Waals surface area contributed by atoms with Gasteiger partial charge in [-0.3, -0.25) is 14.9 Å². The molecular weight excluding hydrogens is 352 g/mol. The number of amides is 2. The van der Waals surface area contributed by atoms with Crippen LogP contribution in [0.5, 0.6) is 5.75 Å². The number of carbonyl (C=O) groups excluding carboxylic acids is 2. The van der Waals surface area contributed by atoms with E-state index in [0.717, 1.165) is 17.8 Å². The van der Waals surface area contributed by atoms with Crippen molar-refractivity contribution in [2.45, 2.75) is 39.5 Å². The number of benzene rings is 1.